The summed E-state index contributed by atoms with van der Waals surface area (Å²) in [6.07, 6.45) is 1.05. The molecule has 0 aliphatic carbocycles. The molecule has 1 aromatic rings. The number of hydrogen-bond donors (Lipinski definition) is 0. The molecule has 0 heterocycles. The molecule has 0 aliphatic rings. The van der Waals surface area contributed by atoms with Crippen molar-refractivity contribution in [3.05, 3.63) is 29.3 Å². The quantitative estimate of drug-likeness (QED) is 0.745. The van der Waals surface area contributed by atoms with Crippen LogP contribution in [0.2, 0.25) is 0 Å². The van der Waals surface area contributed by atoms with E-state index < -0.39 is 7.15 Å². The summed E-state index contributed by atoms with van der Waals surface area (Å²) in [6, 6.07) is 7.68. The van der Waals surface area contributed by atoms with Gasteiger partial charge in [-0.2, -0.15) is 5.26 Å². The Kier molecular flexibility index (Phi) is 4.20. The van der Waals surface area contributed by atoms with Crippen molar-refractivity contribution in [2.75, 3.05) is 0 Å². The molecule has 0 amide bonds. The molecule has 74 valence electrons. The number of aryl methyl sites for hydroxylation is 2. The van der Waals surface area contributed by atoms with Gasteiger partial charge in [0.1, 0.15) is 0 Å². The molecular formula is C10H11ClNOP. The van der Waals surface area contributed by atoms with E-state index in [0.29, 0.717) is 18.1 Å². The van der Waals surface area contributed by atoms with Crippen LogP contribution >= 0.6 is 18.4 Å². The molecule has 0 bridgehead atoms. The van der Waals surface area contributed by atoms with Crippen molar-refractivity contribution in [1.82, 2.24) is 0 Å². The van der Waals surface area contributed by atoms with Gasteiger partial charge >= 0.3 is 0 Å². The SMILES string of the molecule is Cc1ccc([PH](=O)Cl)c(CCC#N)c1. The van der Waals surface area contributed by atoms with Crippen LogP contribution in [0.4, 0.5) is 0 Å². The van der Waals surface area contributed by atoms with E-state index in [0.717, 1.165) is 11.1 Å². The first-order chi connectivity index (χ1) is 6.65. The number of nitriles is 1. The van der Waals surface area contributed by atoms with E-state index in [1.54, 1.807) is 6.07 Å². The van der Waals surface area contributed by atoms with Gasteiger partial charge in [-0.05, 0) is 18.9 Å². The summed E-state index contributed by atoms with van der Waals surface area (Å²) in [5.74, 6) is 0. The molecule has 0 saturated carbocycles. The third kappa shape index (κ3) is 2.87. The van der Waals surface area contributed by atoms with Gasteiger partial charge in [0, 0.05) is 11.7 Å². The summed E-state index contributed by atoms with van der Waals surface area (Å²) in [6.45, 7) is 1.96. The fourth-order valence-corrected chi connectivity index (χ4v) is 2.53. The maximum absolute atomic E-state index is 11.2. The van der Waals surface area contributed by atoms with Crippen molar-refractivity contribution in [2.24, 2.45) is 0 Å². The molecular weight excluding hydrogens is 217 g/mol. The van der Waals surface area contributed by atoms with Crippen molar-refractivity contribution in [3.8, 4) is 6.07 Å². The van der Waals surface area contributed by atoms with E-state index in [1.165, 1.54) is 0 Å². The maximum Gasteiger partial charge on any atom is 0.186 e. The molecule has 4 heteroatoms. The topological polar surface area (TPSA) is 40.9 Å². The minimum Gasteiger partial charge on any atom is -0.305 e. The molecule has 1 atom stereocenters. The van der Waals surface area contributed by atoms with E-state index in [-0.39, 0.29) is 0 Å². The minimum atomic E-state index is -2.18. The number of nitrogens with zero attached hydrogens (tertiary/aromatic N) is 1. The zero-order valence-electron chi connectivity index (χ0n) is 7.88. The highest BCUT2D eigenvalue weighted by Gasteiger charge is 2.06. The van der Waals surface area contributed by atoms with Crippen molar-refractivity contribution in [3.63, 3.8) is 0 Å². The Hall–Kier alpha value is -0.770. The van der Waals surface area contributed by atoms with Crippen LogP contribution in [0.15, 0.2) is 18.2 Å². The third-order valence-corrected chi connectivity index (χ3v) is 3.50. The summed E-state index contributed by atoms with van der Waals surface area (Å²) in [7, 11) is -2.18. The molecule has 1 rings (SSSR count). The molecule has 1 unspecified atom stereocenters. The fourth-order valence-electron chi connectivity index (χ4n) is 1.31. The zero-order chi connectivity index (χ0) is 10.6. The standard InChI is InChI=1S/C10H11ClNOP/c1-8-4-5-10(14(11)13)9(7-8)3-2-6-12/h4-5,7,14H,2-3H2,1H3. The average molecular weight is 228 g/mol. The number of halogens is 1. The van der Waals surface area contributed by atoms with Gasteiger partial charge in [0.05, 0.1) is 6.07 Å². The van der Waals surface area contributed by atoms with Gasteiger partial charge in [-0.15, -0.1) is 0 Å². The first kappa shape index (κ1) is 11.3. The predicted octanol–water partition coefficient (Wildman–Crippen LogP) is 2.79. The first-order valence-corrected chi connectivity index (χ1v) is 6.73. The van der Waals surface area contributed by atoms with Crippen molar-refractivity contribution in [2.45, 2.75) is 19.8 Å². The second kappa shape index (κ2) is 5.20. The average Bonchev–Trinajstić information content (AvgIpc) is 2.14. The molecule has 0 fully saturated rings. The number of rotatable bonds is 3. The van der Waals surface area contributed by atoms with Crippen LogP contribution in [-0.2, 0) is 11.0 Å². The lowest BCUT2D eigenvalue weighted by atomic mass is 10.1. The molecule has 0 saturated heterocycles. The Morgan fingerprint density at radius 2 is 2.29 bits per heavy atom. The monoisotopic (exact) mass is 227 g/mol. The molecule has 14 heavy (non-hydrogen) atoms. The van der Waals surface area contributed by atoms with E-state index in [2.05, 4.69) is 6.07 Å². The zero-order valence-corrected chi connectivity index (χ0v) is 9.64. The second-order valence-electron chi connectivity index (χ2n) is 3.09. The van der Waals surface area contributed by atoms with E-state index >= 15 is 0 Å². The molecule has 0 aliphatic heterocycles. The van der Waals surface area contributed by atoms with Crippen LogP contribution in [0.1, 0.15) is 17.5 Å². The lowest BCUT2D eigenvalue weighted by Gasteiger charge is -2.05. The Balaban J connectivity index is 3.04. The summed E-state index contributed by atoms with van der Waals surface area (Å²) >= 11 is 5.60. The van der Waals surface area contributed by atoms with E-state index in [9.17, 15) is 4.57 Å². The number of benzene rings is 1. The Morgan fingerprint density at radius 1 is 1.57 bits per heavy atom. The summed E-state index contributed by atoms with van der Waals surface area (Å²) < 4.78 is 11.2. The fraction of sp³-hybridized carbons (Fsp3) is 0.300. The highest BCUT2D eigenvalue weighted by molar-refractivity contribution is 7.80. The van der Waals surface area contributed by atoms with Gasteiger partial charge in [0.15, 0.2) is 7.15 Å². The molecule has 1 aromatic carbocycles. The summed E-state index contributed by atoms with van der Waals surface area (Å²) in [5, 5.41) is 9.17. The van der Waals surface area contributed by atoms with Crippen LogP contribution in [-0.4, -0.2) is 0 Å². The molecule has 0 radical (unpaired) electrons. The maximum atomic E-state index is 11.2. The van der Waals surface area contributed by atoms with E-state index in [1.807, 2.05) is 19.1 Å². The van der Waals surface area contributed by atoms with Crippen molar-refractivity contribution in [1.29, 1.82) is 5.26 Å². The van der Waals surface area contributed by atoms with Crippen LogP contribution in [0.3, 0.4) is 0 Å². The number of hydrogen-bond acceptors (Lipinski definition) is 2. The van der Waals surface area contributed by atoms with Gasteiger partial charge in [-0.1, -0.05) is 35.0 Å². The predicted molar refractivity (Wildman–Crippen MR) is 59.6 cm³/mol. The highest BCUT2D eigenvalue weighted by Crippen LogP contribution is 2.28. The van der Waals surface area contributed by atoms with Crippen LogP contribution in [0.5, 0.6) is 0 Å². The summed E-state index contributed by atoms with van der Waals surface area (Å²) in [5.41, 5.74) is 2.03. The highest BCUT2D eigenvalue weighted by atomic mass is 35.7. The Morgan fingerprint density at radius 3 is 2.86 bits per heavy atom. The van der Waals surface area contributed by atoms with Gasteiger partial charge in [-0.25, -0.2) is 0 Å². The normalized spacial score (nSPS) is 12.1. The van der Waals surface area contributed by atoms with Gasteiger partial charge in [0.25, 0.3) is 0 Å². The van der Waals surface area contributed by atoms with Crippen LogP contribution < -0.4 is 5.30 Å². The first-order valence-electron chi connectivity index (χ1n) is 4.31. The Labute approximate surface area is 89.1 Å². The minimum absolute atomic E-state index is 0.433. The molecule has 0 spiro atoms. The van der Waals surface area contributed by atoms with Crippen molar-refractivity contribution >= 4 is 23.7 Å². The smallest absolute Gasteiger partial charge is 0.186 e. The lowest BCUT2D eigenvalue weighted by Crippen LogP contribution is -2.04. The van der Waals surface area contributed by atoms with Gasteiger partial charge in [-0.3, -0.25) is 0 Å². The third-order valence-electron chi connectivity index (χ3n) is 1.98. The molecule has 2 nitrogen and oxygen atoms in total. The van der Waals surface area contributed by atoms with Crippen molar-refractivity contribution < 1.29 is 4.57 Å². The van der Waals surface area contributed by atoms with E-state index in [4.69, 9.17) is 16.5 Å². The largest absolute Gasteiger partial charge is 0.305 e. The Bertz CT molecular complexity index is 398. The lowest BCUT2D eigenvalue weighted by molar-refractivity contribution is 0.600. The van der Waals surface area contributed by atoms with Gasteiger partial charge in [0.2, 0.25) is 0 Å². The second-order valence-corrected chi connectivity index (χ2v) is 5.21. The molecule has 0 N–H and O–H groups in total. The van der Waals surface area contributed by atoms with Crippen LogP contribution in [0.25, 0.3) is 0 Å². The van der Waals surface area contributed by atoms with Gasteiger partial charge < -0.3 is 4.57 Å². The molecule has 0 aromatic heterocycles. The van der Waals surface area contributed by atoms with Crippen LogP contribution in [0, 0.1) is 18.3 Å². The summed E-state index contributed by atoms with van der Waals surface area (Å²) in [4.78, 5) is 0.